The van der Waals surface area contributed by atoms with Crippen LogP contribution in [0.4, 0.5) is 35.3 Å². The molecule has 2 amide bonds. The van der Waals surface area contributed by atoms with Gasteiger partial charge in [0.15, 0.2) is 17.2 Å². The summed E-state index contributed by atoms with van der Waals surface area (Å²) < 4.78 is 49.1. The number of nitrogens with zero attached hydrogens (tertiary/aromatic N) is 6. The van der Waals surface area contributed by atoms with Gasteiger partial charge in [0, 0.05) is 35.8 Å². The molecule has 4 N–H and O–H groups in total. The van der Waals surface area contributed by atoms with Gasteiger partial charge in [0.05, 0.1) is 16.8 Å². The summed E-state index contributed by atoms with van der Waals surface area (Å²) in [5, 5.41) is 9.49. The number of hydrogen-bond donors (Lipinski definition) is 3. The number of nitrogen functional groups attached to an aromatic ring is 1. The van der Waals surface area contributed by atoms with Crippen molar-refractivity contribution in [1.82, 2.24) is 29.1 Å². The first-order chi connectivity index (χ1) is 18.7. The Morgan fingerprint density at radius 3 is 2.67 bits per heavy atom. The number of halogens is 3. The quantitative estimate of drug-likeness (QED) is 0.280. The molecule has 14 heteroatoms. The van der Waals surface area contributed by atoms with Crippen LogP contribution in [0.15, 0.2) is 41.4 Å². The lowest BCUT2D eigenvalue weighted by atomic mass is 10.0. The van der Waals surface area contributed by atoms with Crippen LogP contribution in [0.25, 0.3) is 27.9 Å². The molecular weight excluding hydrogens is 515 g/mol. The second-order valence-corrected chi connectivity index (χ2v) is 10.1. The van der Waals surface area contributed by atoms with Gasteiger partial charge in [0.2, 0.25) is 0 Å². The van der Waals surface area contributed by atoms with Gasteiger partial charge in [-0.15, -0.1) is 0 Å². The number of amides is 2. The molecule has 0 aliphatic heterocycles. The summed E-state index contributed by atoms with van der Waals surface area (Å²) in [6.07, 6.45) is 2.70. The summed E-state index contributed by atoms with van der Waals surface area (Å²) in [6, 6.07) is 4.31. The highest BCUT2D eigenvalue weighted by Gasteiger charge is 2.66. The molecule has 5 aromatic heterocycles. The molecule has 39 heavy (non-hydrogen) atoms. The number of nitrogens with one attached hydrogen (secondary N) is 2. The fourth-order valence-corrected chi connectivity index (χ4v) is 5.11. The minimum absolute atomic E-state index is 0.0714. The van der Waals surface area contributed by atoms with Crippen molar-refractivity contribution in [3.8, 4) is 11.3 Å². The molecule has 200 valence electrons. The zero-order valence-electron chi connectivity index (χ0n) is 20.6. The summed E-state index contributed by atoms with van der Waals surface area (Å²) >= 11 is 0. The monoisotopic (exact) mass is 537 g/mol. The number of carbonyl (C=O) groups excluding carboxylic acids is 1. The molecule has 2 aliphatic rings. The number of nitrogens with two attached hydrogens (primary N) is 1. The smallest absolute Gasteiger partial charge is 0.383 e. The lowest BCUT2D eigenvalue weighted by Crippen LogP contribution is -2.28. The molecule has 11 nitrogen and oxygen atoms in total. The van der Waals surface area contributed by atoms with Crippen LogP contribution in [0.3, 0.4) is 0 Å². The Bertz CT molecular complexity index is 1780. The number of alkyl halides is 3. The van der Waals surface area contributed by atoms with Crippen molar-refractivity contribution in [3.63, 3.8) is 0 Å². The Balaban J connectivity index is 1.20. The molecule has 0 aromatic carbocycles. The molecule has 7 rings (SSSR count). The molecule has 5 heterocycles. The van der Waals surface area contributed by atoms with Crippen LogP contribution in [-0.2, 0) is 5.41 Å². The third-order valence-corrected chi connectivity index (χ3v) is 7.45. The second-order valence-electron chi connectivity index (χ2n) is 10.1. The third-order valence-electron chi connectivity index (χ3n) is 7.45. The molecule has 5 aromatic rings. The molecule has 2 fully saturated rings. The highest BCUT2D eigenvalue weighted by molar-refractivity contribution is 6.03. The van der Waals surface area contributed by atoms with Gasteiger partial charge < -0.3 is 20.1 Å². The number of fused-ring (bicyclic) bond motifs is 2. The number of aromatic nitrogens is 6. The summed E-state index contributed by atoms with van der Waals surface area (Å²) in [7, 11) is 0. The minimum Gasteiger partial charge on any atom is -0.383 e. The lowest BCUT2D eigenvalue weighted by molar-refractivity contribution is -0.165. The van der Waals surface area contributed by atoms with E-state index >= 15 is 0 Å². The number of aryl methyl sites for hydroxylation is 1. The number of rotatable bonds is 5. The molecular formula is C25H22F3N9O2. The molecule has 0 radical (unpaired) electrons. The normalized spacial score (nSPS) is 16.6. The molecule has 0 unspecified atom stereocenters. The highest BCUT2D eigenvalue weighted by Crippen LogP contribution is 2.59. The van der Waals surface area contributed by atoms with Crippen molar-refractivity contribution >= 4 is 40.0 Å². The number of carbonyl (C=O) groups is 1. The Labute approximate surface area is 218 Å². The van der Waals surface area contributed by atoms with Crippen LogP contribution in [-0.4, -0.2) is 41.3 Å². The standard InChI is InChI=1S/C25H22F3N9O2/c1-12-9-30-21-15(33-23(38)34-18-8-17(39-35-18)24(6-7-24)25(26,27)28)4-5-16(37(12)21)14-10-36(13-2-3-13)22-19(14)20(29)31-11-32-22/h4-5,8-11,13H,2-3,6-7H2,1H3,(H2,29,31,32)(H2,33,34,35,38). The highest BCUT2D eigenvalue weighted by atomic mass is 19.4. The summed E-state index contributed by atoms with van der Waals surface area (Å²) in [4.78, 5) is 25.9. The van der Waals surface area contributed by atoms with Crippen LogP contribution in [0.5, 0.6) is 0 Å². The number of anilines is 3. The van der Waals surface area contributed by atoms with E-state index in [1.165, 1.54) is 6.33 Å². The van der Waals surface area contributed by atoms with E-state index < -0.39 is 17.6 Å². The topological polar surface area (TPSA) is 141 Å². The Morgan fingerprint density at radius 1 is 1.15 bits per heavy atom. The first-order valence-electron chi connectivity index (χ1n) is 12.4. The maximum atomic E-state index is 13.4. The molecule has 0 bridgehead atoms. The first kappa shape index (κ1) is 23.5. The largest absolute Gasteiger partial charge is 0.401 e. The number of imidazole rings is 1. The Hall–Kier alpha value is -4.62. The third kappa shape index (κ3) is 3.61. The van der Waals surface area contributed by atoms with E-state index in [4.69, 9.17) is 10.3 Å². The van der Waals surface area contributed by atoms with Crippen molar-refractivity contribution in [1.29, 1.82) is 0 Å². The van der Waals surface area contributed by atoms with E-state index in [0.717, 1.165) is 46.9 Å². The first-order valence-corrected chi connectivity index (χ1v) is 12.4. The van der Waals surface area contributed by atoms with Gasteiger partial charge in [-0.1, -0.05) is 5.16 Å². The fourth-order valence-electron chi connectivity index (χ4n) is 5.11. The van der Waals surface area contributed by atoms with E-state index in [-0.39, 0.29) is 24.4 Å². The zero-order chi connectivity index (χ0) is 27.1. The molecule has 0 spiro atoms. The predicted molar refractivity (Wildman–Crippen MR) is 135 cm³/mol. The van der Waals surface area contributed by atoms with Gasteiger partial charge in [-0.3, -0.25) is 9.72 Å². The van der Waals surface area contributed by atoms with Crippen molar-refractivity contribution in [2.45, 2.75) is 50.2 Å². The molecule has 0 atom stereocenters. The summed E-state index contributed by atoms with van der Waals surface area (Å²) in [6.45, 7) is 1.89. The van der Waals surface area contributed by atoms with Gasteiger partial charge in [0.25, 0.3) is 0 Å². The molecule has 2 aliphatic carbocycles. The maximum Gasteiger partial charge on any atom is 0.401 e. The van der Waals surface area contributed by atoms with Gasteiger partial charge in [0.1, 0.15) is 23.2 Å². The molecule has 0 saturated heterocycles. The van der Waals surface area contributed by atoms with E-state index in [1.54, 1.807) is 12.3 Å². The Kier molecular flexibility index (Phi) is 4.78. The van der Waals surface area contributed by atoms with Crippen LogP contribution in [0.1, 0.15) is 43.2 Å². The average Bonchev–Trinajstić information content (AvgIpc) is 3.78. The van der Waals surface area contributed by atoms with Crippen molar-refractivity contribution in [2.75, 3.05) is 16.4 Å². The minimum atomic E-state index is -4.44. The van der Waals surface area contributed by atoms with Crippen molar-refractivity contribution < 1.29 is 22.5 Å². The lowest BCUT2D eigenvalue weighted by Gasteiger charge is -2.15. The van der Waals surface area contributed by atoms with Gasteiger partial charge in [-0.25, -0.2) is 19.7 Å². The number of hydrogen-bond acceptors (Lipinski definition) is 7. The number of urea groups is 1. The van der Waals surface area contributed by atoms with E-state index in [1.807, 2.05) is 23.6 Å². The van der Waals surface area contributed by atoms with Gasteiger partial charge in [-0.2, -0.15) is 13.2 Å². The van der Waals surface area contributed by atoms with Crippen molar-refractivity contribution in [2.24, 2.45) is 0 Å². The molecule has 2 saturated carbocycles. The fraction of sp³-hybridized carbons (Fsp3) is 0.320. The van der Waals surface area contributed by atoms with E-state index in [9.17, 15) is 18.0 Å². The van der Waals surface area contributed by atoms with Gasteiger partial charge >= 0.3 is 12.2 Å². The zero-order valence-corrected chi connectivity index (χ0v) is 20.6. The summed E-state index contributed by atoms with van der Waals surface area (Å²) in [5.41, 5.74) is 8.32. The van der Waals surface area contributed by atoms with Crippen LogP contribution in [0, 0.1) is 6.92 Å². The van der Waals surface area contributed by atoms with E-state index in [2.05, 4.69) is 35.3 Å². The van der Waals surface area contributed by atoms with Crippen LogP contribution in [0.2, 0.25) is 0 Å². The Morgan fingerprint density at radius 2 is 1.95 bits per heavy atom. The second kappa shape index (κ2) is 7.94. The van der Waals surface area contributed by atoms with Crippen molar-refractivity contribution in [3.05, 3.63) is 48.4 Å². The predicted octanol–water partition coefficient (Wildman–Crippen LogP) is 5.20. The van der Waals surface area contributed by atoms with Crippen LogP contribution >= 0.6 is 0 Å². The summed E-state index contributed by atoms with van der Waals surface area (Å²) in [5.74, 6) is -0.0598. The van der Waals surface area contributed by atoms with Gasteiger partial charge in [-0.05, 0) is 44.7 Å². The average molecular weight is 538 g/mol. The van der Waals surface area contributed by atoms with Crippen LogP contribution < -0.4 is 16.4 Å². The number of pyridine rings is 1. The SMILES string of the molecule is Cc1cnc2c(NC(=O)Nc3cc(C4(C(F)(F)F)CC4)on3)ccc(-c3cn(C4CC4)c4ncnc(N)c34)n12. The van der Waals surface area contributed by atoms with E-state index in [0.29, 0.717) is 23.2 Å². The maximum absolute atomic E-state index is 13.4.